The Morgan fingerprint density at radius 3 is 1.58 bits per heavy atom. The first-order valence-corrected chi connectivity index (χ1v) is 9.92. The van der Waals surface area contributed by atoms with E-state index in [9.17, 15) is 10.2 Å². The molecule has 0 fully saturated rings. The minimum Gasteiger partial charge on any atom is -0.395 e. The highest BCUT2D eigenvalue weighted by molar-refractivity contribution is 4.77. The van der Waals surface area contributed by atoms with Crippen molar-refractivity contribution in [3.05, 3.63) is 10.1 Å². The quantitative estimate of drug-likeness (QED) is 0.157. The Morgan fingerprint density at radius 1 is 0.885 bits per heavy atom. The molecule has 0 rings (SSSR count). The van der Waals surface area contributed by atoms with Crippen molar-refractivity contribution < 1.29 is 25.6 Å². The topological polar surface area (TPSA) is 150 Å². The standard InChI is InChI=1S/C18H39NO3.HNO3/c1-2-3-4-5-6-7-8-9-10-11-12-13-14-17(21)18(22)16(19)15-20;2-1(3)4/h16-18,20-22H,2-15,19H2,1H3;(H,2,3,4)/t16-,17+,18+;/m0./s1. The highest BCUT2D eigenvalue weighted by Gasteiger charge is 2.22. The maximum atomic E-state index is 9.74. The molecular weight excluding hydrogens is 340 g/mol. The van der Waals surface area contributed by atoms with Gasteiger partial charge in [0.15, 0.2) is 0 Å². The third kappa shape index (κ3) is 21.1. The van der Waals surface area contributed by atoms with Crippen LogP contribution in [0.4, 0.5) is 0 Å². The molecule has 8 heteroatoms. The highest BCUT2D eigenvalue weighted by Crippen LogP contribution is 2.14. The van der Waals surface area contributed by atoms with Crippen molar-refractivity contribution in [2.75, 3.05) is 6.61 Å². The van der Waals surface area contributed by atoms with Crippen LogP contribution in [0.25, 0.3) is 0 Å². The molecule has 0 aromatic rings. The minimum absolute atomic E-state index is 0.295. The fourth-order valence-corrected chi connectivity index (χ4v) is 2.76. The third-order valence-corrected chi connectivity index (χ3v) is 4.40. The highest BCUT2D eigenvalue weighted by atomic mass is 16.9. The molecular formula is C18H40N2O6. The van der Waals surface area contributed by atoms with Gasteiger partial charge in [0.1, 0.15) is 0 Å². The van der Waals surface area contributed by atoms with E-state index in [2.05, 4.69) is 6.92 Å². The van der Waals surface area contributed by atoms with E-state index in [4.69, 9.17) is 26.2 Å². The zero-order valence-corrected chi connectivity index (χ0v) is 16.3. The van der Waals surface area contributed by atoms with E-state index in [0.29, 0.717) is 6.42 Å². The maximum absolute atomic E-state index is 9.74. The second-order valence-electron chi connectivity index (χ2n) is 6.82. The van der Waals surface area contributed by atoms with Gasteiger partial charge < -0.3 is 26.3 Å². The predicted molar refractivity (Wildman–Crippen MR) is 102 cm³/mol. The molecule has 0 saturated heterocycles. The maximum Gasteiger partial charge on any atom is 0.291 e. The first-order chi connectivity index (χ1) is 12.4. The average molecular weight is 381 g/mol. The second kappa shape index (κ2) is 20.4. The summed E-state index contributed by atoms with van der Waals surface area (Å²) in [4.78, 5) is 8.36. The van der Waals surface area contributed by atoms with E-state index < -0.39 is 23.3 Å². The zero-order valence-electron chi connectivity index (χ0n) is 16.3. The van der Waals surface area contributed by atoms with Crippen molar-refractivity contribution in [3.8, 4) is 0 Å². The van der Waals surface area contributed by atoms with Gasteiger partial charge in [-0.15, -0.1) is 10.1 Å². The molecule has 0 aromatic carbocycles. The van der Waals surface area contributed by atoms with Crippen molar-refractivity contribution in [3.63, 3.8) is 0 Å². The van der Waals surface area contributed by atoms with Crippen LogP contribution < -0.4 is 5.73 Å². The van der Waals surface area contributed by atoms with Crippen LogP contribution in [0.1, 0.15) is 90.4 Å². The average Bonchev–Trinajstić information content (AvgIpc) is 2.60. The number of unbranched alkanes of at least 4 members (excludes halogenated alkanes) is 11. The molecule has 0 radical (unpaired) electrons. The predicted octanol–water partition coefficient (Wildman–Crippen LogP) is 2.77. The normalized spacial score (nSPS) is 14.2. The van der Waals surface area contributed by atoms with Crippen molar-refractivity contribution in [1.29, 1.82) is 0 Å². The van der Waals surface area contributed by atoms with Crippen molar-refractivity contribution in [2.24, 2.45) is 5.73 Å². The molecule has 0 aliphatic carbocycles. The lowest BCUT2D eigenvalue weighted by atomic mass is 10.00. The van der Waals surface area contributed by atoms with Gasteiger partial charge in [0.2, 0.25) is 0 Å². The smallest absolute Gasteiger partial charge is 0.291 e. The molecule has 0 aliphatic heterocycles. The van der Waals surface area contributed by atoms with Crippen molar-refractivity contribution in [1.82, 2.24) is 0 Å². The van der Waals surface area contributed by atoms with Crippen LogP contribution in [0.5, 0.6) is 0 Å². The van der Waals surface area contributed by atoms with Crippen LogP contribution in [0.2, 0.25) is 0 Å². The van der Waals surface area contributed by atoms with Gasteiger partial charge in [-0.2, -0.15) is 0 Å². The Labute approximate surface area is 157 Å². The van der Waals surface area contributed by atoms with Gasteiger partial charge in [-0.05, 0) is 6.42 Å². The number of hydrogen-bond acceptors (Lipinski definition) is 6. The minimum atomic E-state index is -1.50. The summed E-state index contributed by atoms with van der Waals surface area (Å²) in [6.45, 7) is 1.96. The van der Waals surface area contributed by atoms with Crippen molar-refractivity contribution in [2.45, 2.75) is 109 Å². The summed E-state index contributed by atoms with van der Waals surface area (Å²) in [5.41, 5.74) is 5.49. The molecule has 3 atom stereocenters. The van der Waals surface area contributed by atoms with Gasteiger partial charge in [0.25, 0.3) is 5.09 Å². The lowest BCUT2D eigenvalue weighted by Crippen LogP contribution is -2.45. The number of rotatable bonds is 16. The summed E-state index contributed by atoms with van der Waals surface area (Å²) in [7, 11) is 0. The van der Waals surface area contributed by atoms with Crippen LogP contribution in [0.15, 0.2) is 0 Å². The van der Waals surface area contributed by atoms with E-state index in [-0.39, 0.29) is 6.61 Å². The van der Waals surface area contributed by atoms with E-state index in [1.807, 2.05) is 0 Å². The van der Waals surface area contributed by atoms with Gasteiger partial charge in [-0.1, -0.05) is 84.0 Å². The number of aliphatic hydroxyl groups excluding tert-OH is 3. The fourth-order valence-electron chi connectivity index (χ4n) is 2.76. The monoisotopic (exact) mass is 380 g/mol. The van der Waals surface area contributed by atoms with Gasteiger partial charge in [0, 0.05) is 0 Å². The molecule has 0 saturated carbocycles. The van der Waals surface area contributed by atoms with Crippen LogP contribution in [-0.4, -0.2) is 50.5 Å². The zero-order chi connectivity index (χ0) is 20.2. The van der Waals surface area contributed by atoms with Crippen LogP contribution in [0, 0.1) is 10.1 Å². The number of nitrogens with zero attached hydrogens (tertiary/aromatic N) is 1. The first kappa shape index (κ1) is 27.3. The lowest BCUT2D eigenvalue weighted by molar-refractivity contribution is -0.742. The van der Waals surface area contributed by atoms with Crippen LogP contribution >= 0.6 is 0 Å². The van der Waals surface area contributed by atoms with E-state index in [0.717, 1.165) is 12.8 Å². The molecule has 0 aromatic heterocycles. The first-order valence-electron chi connectivity index (χ1n) is 9.92. The summed E-state index contributed by atoms with van der Waals surface area (Å²) < 4.78 is 0. The van der Waals surface area contributed by atoms with Gasteiger partial charge in [-0.3, -0.25) is 0 Å². The molecule has 158 valence electrons. The van der Waals surface area contributed by atoms with E-state index in [1.54, 1.807) is 0 Å². The summed E-state index contributed by atoms with van der Waals surface area (Å²) in [6.07, 6.45) is 14.1. The Bertz CT molecular complexity index is 303. The summed E-state index contributed by atoms with van der Waals surface area (Å²) in [5.74, 6) is 0. The SMILES string of the molecule is CCCCCCCCCCCCCC[C@@H](O)[C@H](O)[C@@H](N)CO.O=[N+]([O-])O. The number of nitrogens with two attached hydrogens (primary N) is 1. The summed E-state index contributed by atoms with van der Waals surface area (Å²) in [5, 5.41) is 41.8. The Kier molecular flexibility index (Phi) is 21.3. The van der Waals surface area contributed by atoms with Gasteiger partial charge in [-0.25, -0.2) is 0 Å². The van der Waals surface area contributed by atoms with Gasteiger partial charge in [0.05, 0.1) is 24.9 Å². The number of hydrogen-bond donors (Lipinski definition) is 5. The molecule has 26 heavy (non-hydrogen) atoms. The van der Waals surface area contributed by atoms with E-state index >= 15 is 0 Å². The van der Waals surface area contributed by atoms with Crippen LogP contribution in [-0.2, 0) is 0 Å². The molecule has 0 spiro atoms. The van der Waals surface area contributed by atoms with Gasteiger partial charge >= 0.3 is 0 Å². The summed E-state index contributed by atoms with van der Waals surface area (Å²) in [6, 6.07) is -0.743. The van der Waals surface area contributed by atoms with Crippen molar-refractivity contribution >= 4 is 0 Å². The third-order valence-electron chi connectivity index (χ3n) is 4.40. The largest absolute Gasteiger partial charge is 0.395 e. The Balaban J connectivity index is 0. The van der Waals surface area contributed by atoms with Crippen LogP contribution in [0.3, 0.4) is 0 Å². The lowest BCUT2D eigenvalue weighted by Gasteiger charge is -2.22. The molecule has 6 N–H and O–H groups in total. The molecule has 0 unspecified atom stereocenters. The number of aliphatic hydroxyl groups is 3. The molecule has 8 nitrogen and oxygen atoms in total. The molecule has 0 amide bonds. The molecule has 0 aliphatic rings. The Hall–Kier alpha value is -0.960. The second-order valence-corrected chi connectivity index (χ2v) is 6.82. The molecule has 0 bridgehead atoms. The Morgan fingerprint density at radius 2 is 1.23 bits per heavy atom. The van der Waals surface area contributed by atoms with E-state index in [1.165, 1.54) is 64.2 Å². The fraction of sp³-hybridized carbons (Fsp3) is 1.00. The molecule has 0 heterocycles. The summed E-state index contributed by atoms with van der Waals surface area (Å²) >= 11 is 0.